The van der Waals surface area contributed by atoms with Crippen LogP contribution in [-0.4, -0.2) is 9.78 Å². The van der Waals surface area contributed by atoms with Crippen LogP contribution in [0.3, 0.4) is 0 Å². The van der Waals surface area contributed by atoms with Crippen LogP contribution in [0.2, 0.25) is 5.02 Å². The monoisotopic (exact) mass is 277 g/mol. The summed E-state index contributed by atoms with van der Waals surface area (Å²) in [5.41, 5.74) is 5.59. The first-order chi connectivity index (χ1) is 9.02. The predicted octanol–water partition coefficient (Wildman–Crippen LogP) is 4.09. The maximum absolute atomic E-state index is 6.30. The van der Waals surface area contributed by atoms with E-state index in [2.05, 4.69) is 49.4 Å². The van der Waals surface area contributed by atoms with Crippen molar-refractivity contribution in [3.05, 3.63) is 45.7 Å². The second-order valence-corrected chi connectivity index (χ2v) is 5.21. The first-order valence-corrected chi connectivity index (χ1v) is 6.93. The van der Waals surface area contributed by atoms with Gasteiger partial charge < -0.3 is 5.32 Å². The lowest BCUT2D eigenvalue weighted by atomic mass is 10.1. The summed E-state index contributed by atoms with van der Waals surface area (Å²) in [6.07, 6.45) is 0. The molecule has 0 spiro atoms. The van der Waals surface area contributed by atoms with Crippen molar-refractivity contribution in [1.82, 2.24) is 9.78 Å². The average molecular weight is 278 g/mol. The maximum atomic E-state index is 6.30. The van der Waals surface area contributed by atoms with Crippen LogP contribution < -0.4 is 5.32 Å². The Bertz CT molecular complexity index is 587. The Balaban J connectivity index is 2.18. The van der Waals surface area contributed by atoms with E-state index in [1.165, 1.54) is 11.1 Å². The topological polar surface area (TPSA) is 29.9 Å². The number of halogens is 1. The number of hydrogen-bond acceptors (Lipinski definition) is 2. The molecule has 2 aromatic rings. The Kier molecular flexibility index (Phi) is 4.15. The molecule has 0 radical (unpaired) electrons. The van der Waals surface area contributed by atoms with Crippen molar-refractivity contribution in [2.24, 2.45) is 0 Å². The highest BCUT2D eigenvalue weighted by molar-refractivity contribution is 6.31. The van der Waals surface area contributed by atoms with Crippen molar-refractivity contribution in [3.63, 3.8) is 0 Å². The van der Waals surface area contributed by atoms with Crippen molar-refractivity contribution >= 4 is 17.3 Å². The summed E-state index contributed by atoms with van der Waals surface area (Å²) in [5.74, 6) is 0. The van der Waals surface area contributed by atoms with Gasteiger partial charge in [-0.15, -0.1) is 0 Å². The number of nitrogens with zero attached hydrogens (tertiary/aromatic N) is 2. The molecule has 0 unspecified atom stereocenters. The molecule has 3 nitrogen and oxygen atoms in total. The van der Waals surface area contributed by atoms with Gasteiger partial charge in [0.25, 0.3) is 0 Å². The van der Waals surface area contributed by atoms with Gasteiger partial charge in [-0.05, 0) is 39.3 Å². The molecule has 19 heavy (non-hydrogen) atoms. The van der Waals surface area contributed by atoms with Crippen LogP contribution in [0.15, 0.2) is 18.2 Å². The van der Waals surface area contributed by atoms with Crippen LogP contribution in [0.4, 0.5) is 5.69 Å². The third-order valence-electron chi connectivity index (χ3n) is 3.28. The largest absolute Gasteiger partial charge is 0.379 e. The normalized spacial score (nSPS) is 10.8. The molecule has 0 saturated carbocycles. The maximum Gasteiger partial charge on any atom is 0.0865 e. The second kappa shape index (κ2) is 5.66. The van der Waals surface area contributed by atoms with Crippen LogP contribution in [0.1, 0.15) is 29.4 Å². The van der Waals surface area contributed by atoms with Crippen molar-refractivity contribution in [2.75, 3.05) is 5.32 Å². The zero-order valence-electron chi connectivity index (χ0n) is 11.9. The summed E-state index contributed by atoms with van der Waals surface area (Å²) in [5, 5.41) is 8.63. The Labute approximate surface area is 119 Å². The third kappa shape index (κ3) is 2.92. The summed E-state index contributed by atoms with van der Waals surface area (Å²) in [4.78, 5) is 0. The number of rotatable bonds is 4. The minimum atomic E-state index is 0.692. The first kappa shape index (κ1) is 13.9. The summed E-state index contributed by atoms with van der Waals surface area (Å²) in [7, 11) is 0. The van der Waals surface area contributed by atoms with Gasteiger partial charge in [0.1, 0.15) is 0 Å². The van der Waals surface area contributed by atoms with Crippen molar-refractivity contribution in [1.29, 1.82) is 0 Å². The fourth-order valence-corrected chi connectivity index (χ4v) is 2.43. The van der Waals surface area contributed by atoms with Crippen molar-refractivity contribution < 1.29 is 0 Å². The van der Waals surface area contributed by atoms with E-state index in [1.807, 2.05) is 11.6 Å². The summed E-state index contributed by atoms with van der Waals surface area (Å²) in [6.45, 7) is 9.75. The van der Waals surface area contributed by atoms with Crippen molar-refractivity contribution in [3.8, 4) is 0 Å². The Morgan fingerprint density at radius 1 is 1.26 bits per heavy atom. The molecule has 0 fully saturated rings. The minimum absolute atomic E-state index is 0.692. The van der Waals surface area contributed by atoms with Gasteiger partial charge in [0.15, 0.2) is 0 Å². The number of hydrogen-bond donors (Lipinski definition) is 1. The molecule has 1 heterocycles. The highest BCUT2D eigenvalue weighted by Crippen LogP contribution is 2.23. The summed E-state index contributed by atoms with van der Waals surface area (Å²) in [6, 6.07) is 6.39. The van der Waals surface area contributed by atoms with Crippen LogP contribution in [0.25, 0.3) is 0 Å². The second-order valence-electron chi connectivity index (χ2n) is 4.83. The molecule has 0 bridgehead atoms. The molecule has 0 aliphatic carbocycles. The smallest absolute Gasteiger partial charge is 0.0865 e. The van der Waals surface area contributed by atoms with E-state index >= 15 is 0 Å². The molecule has 4 heteroatoms. The number of benzene rings is 1. The molecule has 1 aromatic heterocycles. The molecule has 2 rings (SSSR count). The van der Waals surface area contributed by atoms with Gasteiger partial charge in [-0.1, -0.05) is 29.3 Å². The van der Waals surface area contributed by atoms with E-state index in [-0.39, 0.29) is 0 Å². The predicted molar refractivity (Wildman–Crippen MR) is 80.9 cm³/mol. The standard InChI is InChI=1S/C15H20ClN3/c1-5-19-14(15(16)12(4)18-19)9-17-13-7-6-10(2)8-11(13)3/h6-8,17H,5,9H2,1-4H3. The van der Waals surface area contributed by atoms with E-state index < -0.39 is 0 Å². The summed E-state index contributed by atoms with van der Waals surface area (Å²) < 4.78 is 1.95. The first-order valence-electron chi connectivity index (χ1n) is 6.55. The molecule has 0 saturated heterocycles. The fraction of sp³-hybridized carbons (Fsp3) is 0.400. The zero-order valence-corrected chi connectivity index (χ0v) is 12.7. The SMILES string of the molecule is CCn1nc(C)c(Cl)c1CNc1ccc(C)cc1C. The average Bonchev–Trinajstić information content (AvgIpc) is 2.65. The van der Waals surface area contributed by atoms with E-state index in [0.717, 1.165) is 28.6 Å². The van der Waals surface area contributed by atoms with E-state index in [9.17, 15) is 0 Å². The molecule has 1 N–H and O–H groups in total. The molecular formula is C15H20ClN3. The lowest BCUT2D eigenvalue weighted by molar-refractivity contribution is 0.623. The highest BCUT2D eigenvalue weighted by Gasteiger charge is 2.12. The highest BCUT2D eigenvalue weighted by atomic mass is 35.5. The minimum Gasteiger partial charge on any atom is -0.379 e. The van der Waals surface area contributed by atoms with Gasteiger partial charge in [-0.25, -0.2) is 0 Å². The van der Waals surface area contributed by atoms with Crippen LogP contribution >= 0.6 is 11.6 Å². The van der Waals surface area contributed by atoms with Gasteiger partial charge in [0.05, 0.1) is 23.0 Å². The van der Waals surface area contributed by atoms with Crippen LogP contribution in [-0.2, 0) is 13.1 Å². The molecule has 102 valence electrons. The number of nitrogens with one attached hydrogen (secondary N) is 1. The van der Waals surface area contributed by atoms with E-state index in [1.54, 1.807) is 0 Å². The molecule has 0 aliphatic rings. The third-order valence-corrected chi connectivity index (χ3v) is 3.77. The van der Waals surface area contributed by atoms with Gasteiger partial charge in [-0.3, -0.25) is 4.68 Å². The Morgan fingerprint density at radius 2 is 2.00 bits per heavy atom. The quantitative estimate of drug-likeness (QED) is 0.912. The lowest BCUT2D eigenvalue weighted by Crippen LogP contribution is -2.09. The van der Waals surface area contributed by atoms with Gasteiger partial charge in [0.2, 0.25) is 0 Å². The molecule has 0 amide bonds. The van der Waals surface area contributed by atoms with Gasteiger partial charge >= 0.3 is 0 Å². The van der Waals surface area contributed by atoms with E-state index in [0.29, 0.717) is 6.54 Å². The zero-order chi connectivity index (χ0) is 14.0. The fourth-order valence-electron chi connectivity index (χ4n) is 2.23. The Morgan fingerprint density at radius 3 is 2.63 bits per heavy atom. The lowest BCUT2D eigenvalue weighted by Gasteiger charge is -2.11. The van der Waals surface area contributed by atoms with Gasteiger partial charge in [0, 0.05) is 12.2 Å². The Hall–Kier alpha value is -1.48. The number of anilines is 1. The van der Waals surface area contributed by atoms with Crippen molar-refractivity contribution in [2.45, 2.75) is 40.8 Å². The molecule has 0 atom stereocenters. The van der Waals surface area contributed by atoms with Gasteiger partial charge in [-0.2, -0.15) is 5.10 Å². The molecular weight excluding hydrogens is 258 g/mol. The summed E-state index contributed by atoms with van der Waals surface area (Å²) >= 11 is 6.30. The van der Waals surface area contributed by atoms with E-state index in [4.69, 9.17) is 11.6 Å². The molecule has 0 aliphatic heterocycles. The van der Waals surface area contributed by atoms with Crippen LogP contribution in [0.5, 0.6) is 0 Å². The number of aromatic nitrogens is 2. The van der Waals surface area contributed by atoms with Crippen LogP contribution in [0, 0.1) is 20.8 Å². The molecule has 1 aromatic carbocycles. The number of aryl methyl sites for hydroxylation is 4.